The molecule has 0 heteroatoms. The van der Waals surface area contributed by atoms with Crippen LogP contribution < -0.4 is 0 Å². The maximum atomic E-state index is 2.40. The van der Waals surface area contributed by atoms with E-state index < -0.39 is 0 Å². The van der Waals surface area contributed by atoms with Crippen molar-refractivity contribution in [2.75, 3.05) is 0 Å². The van der Waals surface area contributed by atoms with Crippen molar-refractivity contribution in [1.82, 2.24) is 0 Å². The standard InChI is InChI=1S/C13H18/c1-11-6-5-9-13(11)10-12-7-3-2-4-8-12/h2-4,7-8,11,13H,5-6,9-10H2,1H3/t11-,13+/m0/s1. The third-order valence-corrected chi connectivity index (χ3v) is 3.38. The average molecular weight is 174 g/mol. The highest BCUT2D eigenvalue weighted by Crippen LogP contribution is 2.33. The molecule has 1 aromatic carbocycles. The fourth-order valence-electron chi connectivity index (χ4n) is 2.44. The molecule has 0 unspecified atom stereocenters. The van der Waals surface area contributed by atoms with Crippen LogP contribution in [0.3, 0.4) is 0 Å². The highest BCUT2D eigenvalue weighted by atomic mass is 14.3. The second-order valence-electron chi connectivity index (χ2n) is 4.36. The largest absolute Gasteiger partial charge is 0.0622 e. The zero-order valence-corrected chi connectivity index (χ0v) is 8.37. The smallest absolute Gasteiger partial charge is 0.0248 e. The van der Waals surface area contributed by atoms with Crippen LogP contribution in [0.2, 0.25) is 0 Å². The predicted molar refractivity (Wildman–Crippen MR) is 56.7 cm³/mol. The number of hydrogen-bond donors (Lipinski definition) is 0. The summed E-state index contributed by atoms with van der Waals surface area (Å²) in [5, 5.41) is 0. The zero-order chi connectivity index (χ0) is 9.10. The van der Waals surface area contributed by atoms with Gasteiger partial charge >= 0.3 is 0 Å². The molecule has 0 amide bonds. The highest BCUT2D eigenvalue weighted by Gasteiger charge is 2.22. The first-order valence-corrected chi connectivity index (χ1v) is 5.40. The van der Waals surface area contributed by atoms with Crippen LogP contribution in [0.4, 0.5) is 0 Å². The lowest BCUT2D eigenvalue weighted by Crippen LogP contribution is -2.07. The van der Waals surface area contributed by atoms with Gasteiger partial charge in [-0.3, -0.25) is 0 Å². The molecule has 0 heterocycles. The third-order valence-electron chi connectivity index (χ3n) is 3.38. The van der Waals surface area contributed by atoms with Crippen LogP contribution in [0.15, 0.2) is 30.3 Å². The molecule has 0 N–H and O–H groups in total. The van der Waals surface area contributed by atoms with Crippen molar-refractivity contribution in [2.45, 2.75) is 32.6 Å². The first kappa shape index (κ1) is 8.80. The van der Waals surface area contributed by atoms with Crippen LogP contribution in [-0.4, -0.2) is 0 Å². The van der Waals surface area contributed by atoms with E-state index in [-0.39, 0.29) is 0 Å². The van der Waals surface area contributed by atoms with Gasteiger partial charge < -0.3 is 0 Å². The van der Waals surface area contributed by atoms with Gasteiger partial charge in [0.05, 0.1) is 0 Å². The Morgan fingerprint density at radius 1 is 1.15 bits per heavy atom. The van der Waals surface area contributed by atoms with Crippen LogP contribution in [0.5, 0.6) is 0 Å². The van der Waals surface area contributed by atoms with Crippen molar-refractivity contribution in [3.05, 3.63) is 35.9 Å². The Morgan fingerprint density at radius 2 is 1.92 bits per heavy atom. The minimum atomic E-state index is 0.945. The highest BCUT2D eigenvalue weighted by molar-refractivity contribution is 5.15. The van der Waals surface area contributed by atoms with Gasteiger partial charge in [0.15, 0.2) is 0 Å². The second-order valence-corrected chi connectivity index (χ2v) is 4.36. The Hall–Kier alpha value is -0.780. The first-order chi connectivity index (χ1) is 6.36. The monoisotopic (exact) mass is 174 g/mol. The summed E-state index contributed by atoms with van der Waals surface area (Å²) in [6.07, 6.45) is 5.62. The van der Waals surface area contributed by atoms with E-state index >= 15 is 0 Å². The van der Waals surface area contributed by atoms with E-state index in [4.69, 9.17) is 0 Å². The summed E-state index contributed by atoms with van der Waals surface area (Å²) < 4.78 is 0. The molecule has 0 aliphatic heterocycles. The van der Waals surface area contributed by atoms with Crippen molar-refractivity contribution in [3.63, 3.8) is 0 Å². The van der Waals surface area contributed by atoms with Gasteiger partial charge in [-0.25, -0.2) is 0 Å². The van der Waals surface area contributed by atoms with E-state index in [9.17, 15) is 0 Å². The molecule has 0 spiro atoms. The minimum Gasteiger partial charge on any atom is -0.0622 e. The Labute approximate surface area is 81.0 Å². The van der Waals surface area contributed by atoms with E-state index in [1.165, 1.54) is 31.2 Å². The fourth-order valence-corrected chi connectivity index (χ4v) is 2.44. The summed E-state index contributed by atoms with van der Waals surface area (Å²) >= 11 is 0. The van der Waals surface area contributed by atoms with Crippen LogP contribution >= 0.6 is 0 Å². The van der Waals surface area contributed by atoms with Gasteiger partial charge in [-0.2, -0.15) is 0 Å². The molecule has 0 radical (unpaired) electrons. The van der Waals surface area contributed by atoms with E-state index in [1.54, 1.807) is 0 Å². The molecule has 0 aromatic heterocycles. The van der Waals surface area contributed by atoms with E-state index in [0.717, 1.165) is 11.8 Å². The molecule has 13 heavy (non-hydrogen) atoms. The first-order valence-electron chi connectivity index (χ1n) is 5.40. The third kappa shape index (κ3) is 2.12. The van der Waals surface area contributed by atoms with Crippen molar-refractivity contribution >= 4 is 0 Å². The molecule has 0 saturated heterocycles. The van der Waals surface area contributed by atoms with Crippen molar-refractivity contribution in [2.24, 2.45) is 11.8 Å². The predicted octanol–water partition coefficient (Wildman–Crippen LogP) is 3.67. The molecule has 1 aliphatic rings. The van der Waals surface area contributed by atoms with Crippen LogP contribution in [0.1, 0.15) is 31.7 Å². The maximum absolute atomic E-state index is 2.40. The summed E-state index contributed by atoms with van der Waals surface area (Å²) in [6.45, 7) is 2.40. The Morgan fingerprint density at radius 3 is 2.54 bits per heavy atom. The fraction of sp³-hybridized carbons (Fsp3) is 0.538. The molecule has 0 bridgehead atoms. The van der Waals surface area contributed by atoms with Crippen LogP contribution in [-0.2, 0) is 6.42 Å². The van der Waals surface area contributed by atoms with Gasteiger partial charge in [-0.05, 0) is 30.2 Å². The van der Waals surface area contributed by atoms with Crippen molar-refractivity contribution < 1.29 is 0 Å². The van der Waals surface area contributed by atoms with E-state index in [1.807, 2.05) is 0 Å². The lowest BCUT2D eigenvalue weighted by molar-refractivity contribution is 0.417. The molecule has 0 nitrogen and oxygen atoms in total. The Balaban J connectivity index is 1.98. The number of benzene rings is 1. The number of hydrogen-bond acceptors (Lipinski definition) is 0. The lowest BCUT2D eigenvalue weighted by Gasteiger charge is -2.14. The Kier molecular flexibility index (Phi) is 2.68. The molecule has 2 rings (SSSR count). The van der Waals surface area contributed by atoms with Gasteiger partial charge in [0, 0.05) is 0 Å². The van der Waals surface area contributed by atoms with E-state index in [2.05, 4.69) is 37.3 Å². The van der Waals surface area contributed by atoms with E-state index in [0.29, 0.717) is 0 Å². The van der Waals surface area contributed by atoms with Crippen LogP contribution in [0, 0.1) is 11.8 Å². The summed E-state index contributed by atoms with van der Waals surface area (Å²) in [6, 6.07) is 10.9. The van der Waals surface area contributed by atoms with Gasteiger partial charge in [0.2, 0.25) is 0 Å². The molecule has 1 saturated carbocycles. The van der Waals surface area contributed by atoms with Crippen molar-refractivity contribution in [1.29, 1.82) is 0 Å². The summed E-state index contributed by atoms with van der Waals surface area (Å²) in [4.78, 5) is 0. The lowest BCUT2D eigenvalue weighted by atomic mass is 9.91. The van der Waals surface area contributed by atoms with Gasteiger partial charge in [-0.15, -0.1) is 0 Å². The number of rotatable bonds is 2. The van der Waals surface area contributed by atoms with Crippen LogP contribution in [0.25, 0.3) is 0 Å². The van der Waals surface area contributed by atoms with Gasteiger partial charge in [-0.1, -0.05) is 50.1 Å². The molecule has 1 aromatic rings. The molecular formula is C13H18. The molecule has 2 atom stereocenters. The molecule has 1 fully saturated rings. The summed E-state index contributed by atoms with van der Waals surface area (Å²) in [5.41, 5.74) is 1.52. The average Bonchev–Trinajstić information content (AvgIpc) is 2.54. The van der Waals surface area contributed by atoms with Gasteiger partial charge in [0.25, 0.3) is 0 Å². The minimum absolute atomic E-state index is 0.945. The molecular weight excluding hydrogens is 156 g/mol. The van der Waals surface area contributed by atoms with Crippen molar-refractivity contribution in [3.8, 4) is 0 Å². The summed E-state index contributed by atoms with van der Waals surface area (Å²) in [5.74, 6) is 1.89. The Bertz CT molecular complexity index is 250. The maximum Gasteiger partial charge on any atom is -0.0248 e. The summed E-state index contributed by atoms with van der Waals surface area (Å²) in [7, 11) is 0. The topological polar surface area (TPSA) is 0 Å². The zero-order valence-electron chi connectivity index (χ0n) is 8.37. The second kappa shape index (κ2) is 3.95. The quantitative estimate of drug-likeness (QED) is 0.641. The van der Waals surface area contributed by atoms with Gasteiger partial charge in [0.1, 0.15) is 0 Å². The molecule has 1 aliphatic carbocycles. The molecule has 70 valence electrons. The SMILES string of the molecule is C[C@H]1CCC[C@@H]1Cc1ccccc1. The normalized spacial score (nSPS) is 27.8.